The largest absolute Gasteiger partial charge is 0.480 e. The Kier molecular flexibility index (Phi) is 24.8. The molecular weight excluding hydrogens is 553 g/mol. The number of hydrogen-bond donors (Lipinski definition) is 4. The number of aliphatic hydroxyl groups is 1. The molecular formula is C29H54NO10P. The Bertz CT molecular complexity index is 777. The van der Waals surface area contributed by atoms with E-state index in [1.807, 2.05) is 6.92 Å². The number of carbonyl (C=O) groups is 3. The van der Waals surface area contributed by atoms with E-state index >= 15 is 0 Å². The van der Waals surface area contributed by atoms with Gasteiger partial charge in [0.1, 0.15) is 12.7 Å². The van der Waals surface area contributed by atoms with Gasteiger partial charge in [0.2, 0.25) is 5.91 Å². The molecule has 12 heteroatoms. The standard InChI is InChI=1S/C29H54NO10P/c1-3-5-7-8-9-10-11-12-13-14-15-16-17-19-20-27(32)30-26(29(34)35)24-40-41(36,37)39-23-25(31)22-38-28(33)21-18-6-4-2/h11-12,25-26,31H,3-10,13-24H2,1-2H3,(H,30,32)(H,34,35)(H,36,37)/b12-11-. The molecule has 0 aromatic rings. The summed E-state index contributed by atoms with van der Waals surface area (Å²) < 4.78 is 26.3. The van der Waals surface area contributed by atoms with E-state index in [9.17, 15) is 34.1 Å². The smallest absolute Gasteiger partial charge is 0.472 e. The van der Waals surface area contributed by atoms with Crippen molar-refractivity contribution in [3.8, 4) is 0 Å². The number of phosphoric ester groups is 1. The summed E-state index contributed by atoms with van der Waals surface area (Å²) in [7, 11) is -4.72. The van der Waals surface area contributed by atoms with Crippen molar-refractivity contribution in [3.05, 3.63) is 12.2 Å². The molecule has 1 amide bonds. The number of phosphoric acid groups is 1. The third-order valence-corrected chi connectivity index (χ3v) is 7.26. The van der Waals surface area contributed by atoms with Crippen LogP contribution < -0.4 is 5.32 Å². The first-order valence-corrected chi connectivity index (χ1v) is 16.7. The Hall–Kier alpha value is -1.78. The molecule has 0 fully saturated rings. The predicted octanol–water partition coefficient (Wildman–Crippen LogP) is 5.82. The minimum Gasteiger partial charge on any atom is -0.480 e. The predicted molar refractivity (Wildman–Crippen MR) is 157 cm³/mol. The molecule has 0 saturated carbocycles. The van der Waals surface area contributed by atoms with E-state index in [4.69, 9.17) is 9.26 Å². The molecule has 0 rings (SSSR count). The van der Waals surface area contributed by atoms with Gasteiger partial charge in [-0.1, -0.05) is 83.8 Å². The number of allylic oxidation sites excluding steroid dienone is 2. The maximum absolute atomic E-state index is 12.1. The Morgan fingerprint density at radius 3 is 1.88 bits per heavy atom. The van der Waals surface area contributed by atoms with E-state index in [-0.39, 0.29) is 12.8 Å². The van der Waals surface area contributed by atoms with E-state index in [0.717, 1.165) is 51.4 Å². The maximum atomic E-state index is 12.1. The fraction of sp³-hybridized carbons (Fsp3) is 0.828. The fourth-order valence-electron chi connectivity index (χ4n) is 3.84. The van der Waals surface area contributed by atoms with Gasteiger partial charge < -0.3 is 25.2 Å². The van der Waals surface area contributed by atoms with E-state index < -0.39 is 57.6 Å². The van der Waals surface area contributed by atoms with Gasteiger partial charge in [0.15, 0.2) is 6.04 Å². The van der Waals surface area contributed by atoms with E-state index in [2.05, 4.69) is 28.9 Å². The van der Waals surface area contributed by atoms with Gasteiger partial charge in [-0.05, 0) is 38.5 Å². The van der Waals surface area contributed by atoms with Gasteiger partial charge in [0.05, 0.1) is 13.2 Å². The second-order valence-corrected chi connectivity index (χ2v) is 11.7. The molecule has 0 bridgehead atoms. The molecule has 4 N–H and O–H groups in total. The van der Waals surface area contributed by atoms with Crippen LogP contribution in [0, 0.1) is 0 Å². The lowest BCUT2D eigenvalue weighted by Crippen LogP contribution is -2.43. The molecule has 0 radical (unpaired) electrons. The highest BCUT2D eigenvalue weighted by Crippen LogP contribution is 2.43. The topological polar surface area (TPSA) is 169 Å². The number of carboxylic acids is 1. The van der Waals surface area contributed by atoms with Crippen LogP contribution in [0.25, 0.3) is 0 Å². The first kappa shape index (κ1) is 39.2. The number of nitrogens with one attached hydrogen (secondary N) is 1. The number of unbranched alkanes of at least 4 members (excludes halogenated alkanes) is 12. The number of amides is 1. The number of aliphatic carboxylic acids is 1. The van der Waals surface area contributed by atoms with Crippen LogP contribution in [-0.2, 0) is 32.7 Å². The van der Waals surface area contributed by atoms with Crippen LogP contribution in [0.3, 0.4) is 0 Å². The SMILES string of the molecule is CCCCCCC/C=C\CCCCCCCC(=O)NC(COP(=O)(O)OCC(O)COC(=O)CCCCC)C(=O)O. The number of carboxylic acid groups (broad SMARTS) is 1. The van der Waals surface area contributed by atoms with Crippen molar-refractivity contribution < 1.29 is 47.8 Å². The zero-order chi connectivity index (χ0) is 30.8. The van der Waals surface area contributed by atoms with Crippen molar-refractivity contribution in [3.63, 3.8) is 0 Å². The molecule has 3 unspecified atom stereocenters. The number of aliphatic hydroxyl groups excluding tert-OH is 1. The summed E-state index contributed by atoms with van der Waals surface area (Å²) >= 11 is 0. The van der Waals surface area contributed by atoms with E-state index in [0.29, 0.717) is 12.8 Å². The molecule has 0 spiro atoms. The molecule has 0 aliphatic carbocycles. The molecule has 11 nitrogen and oxygen atoms in total. The highest BCUT2D eigenvalue weighted by Gasteiger charge is 2.28. The summed E-state index contributed by atoms with van der Waals surface area (Å²) in [6.45, 7) is 2.32. The Morgan fingerprint density at radius 2 is 1.27 bits per heavy atom. The fourth-order valence-corrected chi connectivity index (χ4v) is 4.61. The Morgan fingerprint density at radius 1 is 0.756 bits per heavy atom. The second kappa shape index (κ2) is 25.9. The Labute approximate surface area is 246 Å². The van der Waals surface area contributed by atoms with Crippen molar-refractivity contribution in [1.29, 1.82) is 0 Å². The van der Waals surface area contributed by atoms with Gasteiger partial charge >= 0.3 is 19.8 Å². The first-order chi connectivity index (χ1) is 19.6. The highest BCUT2D eigenvalue weighted by atomic mass is 31.2. The molecule has 0 aromatic heterocycles. The van der Waals surface area contributed by atoms with Crippen molar-refractivity contribution >= 4 is 25.7 Å². The minimum absolute atomic E-state index is 0.137. The third kappa shape index (κ3) is 25.6. The number of esters is 1. The van der Waals surface area contributed by atoms with Crippen LogP contribution in [0.5, 0.6) is 0 Å². The summed E-state index contributed by atoms with van der Waals surface area (Å²) in [5.74, 6) is -2.41. The summed E-state index contributed by atoms with van der Waals surface area (Å²) in [6.07, 6.45) is 19.2. The number of carbonyl (C=O) groups excluding carboxylic acids is 2. The van der Waals surface area contributed by atoms with Crippen molar-refractivity contribution in [2.24, 2.45) is 0 Å². The summed E-state index contributed by atoms with van der Waals surface area (Å²) in [5.41, 5.74) is 0. The molecule has 0 aliphatic rings. The summed E-state index contributed by atoms with van der Waals surface area (Å²) in [4.78, 5) is 44.9. The van der Waals surface area contributed by atoms with Crippen molar-refractivity contribution in [2.45, 2.75) is 135 Å². The molecule has 0 saturated heterocycles. The lowest BCUT2D eigenvalue weighted by Gasteiger charge is -2.18. The quantitative estimate of drug-likeness (QED) is 0.0368. The second-order valence-electron chi connectivity index (χ2n) is 10.3. The third-order valence-electron chi connectivity index (χ3n) is 6.30. The zero-order valence-electron chi connectivity index (χ0n) is 25.1. The van der Waals surface area contributed by atoms with Crippen molar-refractivity contribution in [1.82, 2.24) is 5.32 Å². The van der Waals surface area contributed by atoms with Crippen molar-refractivity contribution in [2.75, 3.05) is 19.8 Å². The molecule has 3 atom stereocenters. The molecule has 0 heterocycles. The zero-order valence-corrected chi connectivity index (χ0v) is 26.0. The molecule has 240 valence electrons. The first-order valence-electron chi connectivity index (χ1n) is 15.2. The van der Waals surface area contributed by atoms with Crippen LogP contribution in [0.4, 0.5) is 0 Å². The Balaban J connectivity index is 4.05. The molecule has 0 aliphatic heterocycles. The average Bonchev–Trinajstić information content (AvgIpc) is 2.93. The van der Waals surface area contributed by atoms with Gasteiger partial charge in [-0.3, -0.25) is 18.6 Å². The van der Waals surface area contributed by atoms with Gasteiger partial charge in [0.25, 0.3) is 0 Å². The van der Waals surface area contributed by atoms with E-state index in [1.54, 1.807) is 0 Å². The summed E-state index contributed by atoms with van der Waals surface area (Å²) in [6, 6.07) is -1.54. The van der Waals surface area contributed by atoms with Crippen LogP contribution >= 0.6 is 7.82 Å². The highest BCUT2D eigenvalue weighted by molar-refractivity contribution is 7.47. The van der Waals surface area contributed by atoms with Crippen LogP contribution in [0.2, 0.25) is 0 Å². The van der Waals surface area contributed by atoms with E-state index in [1.165, 1.54) is 32.1 Å². The monoisotopic (exact) mass is 607 g/mol. The van der Waals surface area contributed by atoms with Crippen LogP contribution in [0.15, 0.2) is 12.2 Å². The molecule has 41 heavy (non-hydrogen) atoms. The van der Waals surface area contributed by atoms with Gasteiger partial charge in [-0.25, -0.2) is 9.36 Å². The minimum atomic E-state index is -4.72. The lowest BCUT2D eigenvalue weighted by molar-refractivity contribution is -0.147. The number of ether oxygens (including phenoxy) is 1. The van der Waals surface area contributed by atoms with Gasteiger partial charge in [-0.2, -0.15) is 0 Å². The lowest BCUT2D eigenvalue weighted by atomic mass is 10.1. The van der Waals surface area contributed by atoms with Gasteiger partial charge in [-0.15, -0.1) is 0 Å². The van der Waals surface area contributed by atoms with Gasteiger partial charge in [0, 0.05) is 12.8 Å². The normalized spacial score (nSPS) is 14.4. The maximum Gasteiger partial charge on any atom is 0.472 e. The number of rotatable bonds is 28. The summed E-state index contributed by atoms with van der Waals surface area (Å²) in [5, 5.41) is 21.4. The molecule has 0 aromatic carbocycles. The number of hydrogen-bond acceptors (Lipinski definition) is 8. The van der Waals surface area contributed by atoms with Crippen LogP contribution in [0.1, 0.15) is 123 Å². The average molecular weight is 608 g/mol. The van der Waals surface area contributed by atoms with Crippen LogP contribution in [-0.4, -0.2) is 64.9 Å².